The van der Waals surface area contributed by atoms with Crippen molar-refractivity contribution in [3.05, 3.63) is 51.8 Å². The van der Waals surface area contributed by atoms with Gasteiger partial charge < -0.3 is 5.32 Å². The second-order valence-corrected chi connectivity index (χ2v) is 15.3. The normalized spacial score (nSPS) is 20.4. The third kappa shape index (κ3) is 5.24. The topological polar surface area (TPSA) is 164 Å². The number of anilines is 1. The predicted octanol–water partition coefficient (Wildman–Crippen LogP) is 0.935. The van der Waals surface area contributed by atoms with Crippen LogP contribution in [0.4, 0.5) is 10.5 Å². The monoisotopic (exact) mass is 629 g/mol. The maximum absolute atomic E-state index is 13.4. The Balaban J connectivity index is 1.11. The fourth-order valence-corrected chi connectivity index (χ4v) is 8.79. The number of amides is 2. The highest BCUT2D eigenvalue weighted by atomic mass is 32.2. The number of fused-ring (bicyclic) bond motifs is 4. The van der Waals surface area contributed by atoms with Crippen LogP contribution in [0.25, 0.3) is 0 Å². The zero-order chi connectivity index (χ0) is 30.1. The van der Waals surface area contributed by atoms with Crippen molar-refractivity contribution in [3.63, 3.8) is 0 Å². The van der Waals surface area contributed by atoms with Crippen LogP contribution in [-0.2, 0) is 65.4 Å². The van der Waals surface area contributed by atoms with Gasteiger partial charge in [-0.05, 0) is 74.9 Å². The molecule has 2 amide bonds. The van der Waals surface area contributed by atoms with Gasteiger partial charge in [0.25, 0.3) is 20.0 Å². The summed E-state index contributed by atoms with van der Waals surface area (Å²) in [6, 6.07) is 4.32. The molecule has 0 radical (unpaired) electrons. The largest absolute Gasteiger partial charge is 0.333 e. The van der Waals surface area contributed by atoms with Crippen molar-refractivity contribution in [2.24, 2.45) is 0 Å². The van der Waals surface area contributed by atoms with E-state index in [-0.39, 0.29) is 16.6 Å². The summed E-state index contributed by atoms with van der Waals surface area (Å²) < 4.78 is 61.2. The molecule has 0 saturated carbocycles. The zero-order valence-corrected chi connectivity index (χ0v) is 25.8. The van der Waals surface area contributed by atoms with Gasteiger partial charge in [-0.1, -0.05) is 6.07 Å². The van der Waals surface area contributed by atoms with Crippen molar-refractivity contribution in [1.29, 1.82) is 0 Å². The highest BCUT2D eigenvalue weighted by Gasteiger charge is 2.34. The number of hydrogen-bond donors (Lipinski definition) is 3. The first-order chi connectivity index (χ1) is 20.5. The standard InChI is InChI=1S/C27H35N9O5S2/c1-33-9-10-35-19(14-33)12-24(29-35)42(38,39)31-23-16-34(2)15-20-13-25(30-36(20)23)43(40,41)32-27(37)28-26-21-7-3-5-17(21)11-18-6-4-8-22(18)26/h11-13,23,31H,3-10,14-16H2,1-2H3,(H2,28,32,37). The van der Waals surface area contributed by atoms with Crippen LogP contribution < -0.4 is 14.8 Å². The first-order valence-corrected chi connectivity index (χ1v) is 17.5. The Labute approximate surface area is 250 Å². The summed E-state index contributed by atoms with van der Waals surface area (Å²) in [5, 5.41) is 11.0. The number of aryl methyl sites for hydroxylation is 2. The van der Waals surface area contributed by atoms with Crippen molar-refractivity contribution in [1.82, 2.24) is 38.8 Å². The summed E-state index contributed by atoms with van der Waals surface area (Å²) in [6.07, 6.45) is 4.74. The molecule has 4 aliphatic rings. The quantitative estimate of drug-likeness (QED) is 0.360. The highest BCUT2D eigenvalue weighted by Crippen LogP contribution is 2.38. The number of rotatable bonds is 6. The molecule has 1 atom stereocenters. The number of carbonyl (C=O) groups excluding carboxylic acids is 1. The van der Waals surface area contributed by atoms with E-state index in [1.165, 1.54) is 21.9 Å². The second-order valence-electron chi connectivity index (χ2n) is 12.0. The average molecular weight is 630 g/mol. The molecule has 2 aliphatic carbocycles. The minimum atomic E-state index is -4.36. The van der Waals surface area contributed by atoms with Crippen LogP contribution in [0.15, 0.2) is 28.3 Å². The van der Waals surface area contributed by atoms with Gasteiger partial charge in [0.15, 0.2) is 10.1 Å². The number of sulfonamides is 2. The molecule has 0 bridgehead atoms. The number of nitrogens with zero attached hydrogens (tertiary/aromatic N) is 6. The highest BCUT2D eigenvalue weighted by molar-refractivity contribution is 7.90. The van der Waals surface area contributed by atoms with Gasteiger partial charge in [-0.15, -0.1) is 0 Å². The zero-order valence-electron chi connectivity index (χ0n) is 24.1. The van der Waals surface area contributed by atoms with Crippen molar-refractivity contribution in [2.75, 3.05) is 32.5 Å². The molecule has 0 fully saturated rings. The van der Waals surface area contributed by atoms with Crippen LogP contribution in [0, 0.1) is 0 Å². The molecule has 3 aromatic rings. The molecule has 3 N–H and O–H groups in total. The molecule has 0 saturated heterocycles. The predicted molar refractivity (Wildman–Crippen MR) is 156 cm³/mol. The second kappa shape index (κ2) is 10.4. The van der Waals surface area contributed by atoms with Crippen LogP contribution >= 0.6 is 0 Å². The smallest absolute Gasteiger partial charge is 0.307 e. The maximum atomic E-state index is 13.4. The summed E-state index contributed by atoms with van der Waals surface area (Å²) in [5.41, 5.74) is 6.67. The van der Waals surface area contributed by atoms with Crippen molar-refractivity contribution in [2.45, 2.75) is 74.4 Å². The van der Waals surface area contributed by atoms with E-state index in [4.69, 9.17) is 0 Å². The average Bonchev–Trinajstić information content (AvgIpc) is 3.72. The summed E-state index contributed by atoms with van der Waals surface area (Å²) in [5.74, 6) is 0. The Morgan fingerprint density at radius 1 is 0.814 bits per heavy atom. The molecule has 14 nitrogen and oxygen atoms in total. The van der Waals surface area contributed by atoms with E-state index in [9.17, 15) is 21.6 Å². The molecular formula is C27H35N9O5S2. The molecular weight excluding hydrogens is 594 g/mol. The third-order valence-electron chi connectivity index (χ3n) is 8.75. The van der Waals surface area contributed by atoms with Crippen molar-refractivity contribution >= 4 is 31.8 Å². The van der Waals surface area contributed by atoms with Crippen molar-refractivity contribution < 1.29 is 21.6 Å². The summed E-state index contributed by atoms with van der Waals surface area (Å²) in [7, 11) is -4.63. The minimum absolute atomic E-state index is 0.0928. The first-order valence-electron chi connectivity index (χ1n) is 14.5. The lowest BCUT2D eigenvalue weighted by atomic mass is 9.99. The Morgan fingerprint density at radius 2 is 1.47 bits per heavy atom. The van der Waals surface area contributed by atoms with Crippen LogP contribution in [0.3, 0.4) is 0 Å². The molecule has 2 aliphatic heterocycles. The van der Waals surface area contributed by atoms with Crippen molar-refractivity contribution in [3.8, 4) is 0 Å². The molecule has 1 unspecified atom stereocenters. The van der Waals surface area contributed by atoms with Gasteiger partial charge in [-0.25, -0.2) is 22.6 Å². The number of aromatic nitrogens is 4. The number of hydrogen-bond acceptors (Lipinski definition) is 9. The van der Waals surface area contributed by atoms with Gasteiger partial charge in [-0.2, -0.15) is 23.3 Å². The fourth-order valence-electron chi connectivity index (χ4n) is 6.75. The molecule has 7 rings (SSSR count). The Hall–Kier alpha value is -3.31. The lowest BCUT2D eigenvalue weighted by Gasteiger charge is -2.31. The maximum Gasteiger partial charge on any atom is 0.333 e. The summed E-state index contributed by atoms with van der Waals surface area (Å²) in [6.45, 7) is 2.55. The molecule has 0 spiro atoms. The van der Waals surface area contributed by atoms with Gasteiger partial charge in [0, 0.05) is 44.0 Å². The minimum Gasteiger partial charge on any atom is -0.307 e. The van der Waals surface area contributed by atoms with E-state index in [1.54, 1.807) is 17.8 Å². The van der Waals surface area contributed by atoms with Gasteiger partial charge in [0.2, 0.25) is 0 Å². The molecule has 2 aromatic heterocycles. The number of nitrogens with one attached hydrogen (secondary N) is 3. The van der Waals surface area contributed by atoms with E-state index < -0.39 is 32.2 Å². The van der Waals surface area contributed by atoms with Gasteiger partial charge in [-0.3, -0.25) is 14.5 Å². The molecule has 16 heteroatoms. The van der Waals surface area contributed by atoms with Crippen LogP contribution in [0.5, 0.6) is 0 Å². The molecule has 4 heterocycles. The molecule has 230 valence electrons. The Kier molecular flexibility index (Phi) is 6.88. The SMILES string of the molecule is CN1CCn2nc(S(=O)(=O)NC3CN(C)Cc4cc(S(=O)(=O)NC(=O)Nc5c6c(cc7c5CCC7)CCC6)nn43)cc2C1. The number of likely N-dealkylation sites (N-methyl/N-ethyl adjacent to an activating group) is 2. The Morgan fingerprint density at radius 3 is 2.19 bits per heavy atom. The van der Waals surface area contributed by atoms with E-state index in [0.717, 1.165) is 67.6 Å². The van der Waals surface area contributed by atoms with E-state index in [0.29, 0.717) is 25.3 Å². The van der Waals surface area contributed by atoms with Gasteiger partial charge in [0.05, 0.1) is 17.9 Å². The van der Waals surface area contributed by atoms with Gasteiger partial charge in [0.1, 0.15) is 6.17 Å². The lowest BCUT2D eigenvalue weighted by molar-refractivity contribution is 0.200. The Bertz CT molecular complexity index is 1820. The number of urea groups is 1. The van der Waals surface area contributed by atoms with E-state index in [2.05, 4.69) is 35.9 Å². The number of carbonyl (C=O) groups is 1. The first kappa shape index (κ1) is 28.5. The van der Waals surface area contributed by atoms with Gasteiger partial charge >= 0.3 is 6.03 Å². The molecule has 43 heavy (non-hydrogen) atoms. The molecule has 1 aromatic carbocycles. The van der Waals surface area contributed by atoms with E-state index >= 15 is 0 Å². The van der Waals surface area contributed by atoms with Crippen LogP contribution in [0.1, 0.15) is 52.6 Å². The summed E-state index contributed by atoms with van der Waals surface area (Å²) in [4.78, 5) is 17.0. The summed E-state index contributed by atoms with van der Waals surface area (Å²) >= 11 is 0. The van der Waals surface area contributed by atoms with Crippen LogP contribution in [0.2, 0.25) is 0 Å². The third-order valence-corrected chi connectivity index (χ3v) is 11.3. The van der Waals surface area contributed by atoms with E-state index in [1.807, 2.05) is 11.9 Å². The lowest BCUT2D eigenvalue weighted by Crippen LogP contribution is -2.44. The fraction of sp³-hybridized carbons (Fsp3) is 0.519. The van der Waals surface area contributed by atoms with Crippen LogP contribution in [-0.4, -0.2) is 79.4 Å². The number of benzene rings is 1.